The Morgan fingerprint density at radius 1 is 0.732 bits per heavy atom. The number of benzene rings is 2. The summed E-state index contributed by atoms with van der Waals surface area (Å²) in [5, 5.41) is 9.71. The van der Waals surface area contributed by atoms with E-state index >= 15 is 4.39 Å². The van der Waals surface area contributed by atoms with Crippen molar-refractivity contribution in [1.82, 2.24) is 0 Å². The summed E-state index contributed by atoms with van der Waals surface area (Å²) in [6, 6.07) is 9.94. The number of hydrogen-bond acceptors (Lipinski definition) is 3. The predicted molar refractivity (Wildman–Crippen MR) is 167 cm³/mol. The summed E-state index contributed by atoms with van der Waals surface area (Å²) in [6.45, 7) is 5.56. The van der Waals surface area contributed by atoms with Gasteiger partial charge < -0.3 is 14.6 Å². The molecule has 0 amide bonds. The standard InChI is InChI=1S/C36H53FO4/c1-3-5-7-8-9-10-12-26-41-33-25-24-32(36(38)39)34(35(33)37)30-20-22-31(23-21-30)40-27-13-15-29-18-16-28(17-19-29)14-11-6-4-2/h20-25,28-29H,3-19,26-27H2,1-2H3,(H,38,39). The fourth-order valence-corrected chi connectivity index (χ4v) is 6.14. The summed E-state index contributed by atoms with van der Waals surface area (Å²) >= 11 is 0. The van der Waals surface area contributed by atoms with Crippen LogP contribution in [0.3, 0.4) is 0 Å². The van der Waals surface area contributed by atoms with Gasteiger partial charge in [-0.1, -0.05) is 116 Å². The highest BCUT2D eigenvalue weighted by Gasteiger charge is 2.22. The Morgan fingerprint density at radius 3 is 1.93 bits per heavy atom. The van der Waals surface area contributed by atoms with Crippen molar-refractivity contribution in [3.63, 3.8) is 0 Å². The van der Waals surface area contributed by atoms with E-state index in [-0.39, 0.29) is 16.9 Å². The number of carboxylic acid groups (broad SMARTS) is 1. The molecular weight excluding hydrogens is 515 g/mol. The molecule has 4 nitrogen and oxygen atoms in total. The number of ether oxygens (including phenoxy) is 2. The number of unbranched alkanes of at least 4 members (excludes halogenated alkanes) is 8. The van der Waals surface area contributed by atoms with Crippen LogP contribution in [0.4, 0.5) is 4.39 Å². The monoisotopic (exact) mass is 568 g/mol. The molecule has 0 aliphatic heterocycles. The molecule has 41 heavy (non-hydrogen) atoms. The SMILES string of the molecule is CCCCCCCCCOc1ccc(C(=O)O)c(-c2ccc(OCCCC3CCC(CCCCC)CC3)cc2)c1F. The maximum atomic E-state index is 15.5. The molecule has 1 aliphatic rings. The molecule has 0 bridgehead atoms. The van der Waals surface area contributed by atoms with Gasteiger partial charge in [-0.05, 0) is 60.9 Å². The van der Waals surface area contributed by atoms with E-state index in [1.807, 2.05) is 0 Å². The maximum Gasteiger partial charge on any atom is 0.336 e. The van der Waals surface area contributed by atoms with Crippen molar-refractivity contribution in [2.45, 2.75) is 123 Å². The van der Waals surface area contributed by atoms with Crippen molar-refractivity contribution < 1.29 is 23.8 Å². The molecule has 1 aliphatic carbocycles. The largest absolute Gasteiger partial charge is 0.494 e. The summed E-state index contributed by atoms with van der Waals surface area (Å²) in [5.74, 6) is 0.801. The first-order valence-electron chi connectivity index (χ1n) is 16.4. The van der Waals surface area contributed by atoms with E-state index in [2.05, 4.69) is 13.8 Å². The third-order valence-electron chi connectivity index (χ3n) is 8.69. The van der Waals surface area contributed by atoms with Crippen LogP contribution in [0.2, 0.25) is 0 Å². The summed E-state index contributed by atoms with van der Waals surface area (Å²) in [5.41, 5.74) is 0.496. The molecule has 0 spiro atoms. The highest BCUT2D eigenvalue weighted by Crippen LogP contribution is 2.35. The lowest BCUT2D eigenvalue weighted by Gasteiger charge is -2.28. The third kappa shape index (κ3) is 11.3. The number of hydrogen-bond donors (Lipinski definition) is 1. The van der Waals surface area contributed by atoms with Crippen LogP contribution in [0.5, 0.6) is 11.5 Å². The normalized spacial score (nSPS) is 17.0. The van der Waals surface area contributed by atoms with Crippen LogP contribution in [0.15, 0.2) is 36.4 Å². The van der Waals surface area contributed by atoms with E-state index in [4.69, 9.17) is 9.47 Å². The molecule has 2 aromatic rings. The minimum atomic E-state index is -1.16. The van der Waals surface area contributed by atoms with Gasteiger partial charge in [0.2, 0.25) is 0 Å². The van der Waals surface area contributed by atoms with Gasteiger partial charge in [-0.3, -0.25) is 0 Å². The van der Waals surface area contributed by atoms with Crippen LogP contribution < -0.4 is 9.47 Å². The van der Waals surface area contributed by atoms with Crippen molar-refractivity contribution >= 4 is 5.97 Å². The Hall–Kier alpha value is -2.56. The van der Waals surface area contributed by atoms with Crippen molar-refractivity contribution in [2.24, 2.45) is 11.8 Å². The molecule has 0 aromatic heterocycles. The van der Waals surface area contributed by atoms with Gasteiger partial charge in [0.15, 0.2) is 11.6 Å². The van der Waals surface area contributed by atoms with E-state index in [9.17, 15) is 9.90 Å². The molecule has 1 saturated carbocycles. The van der Waals surface area contributed by atoms with Crippen molar-refractivity contribution in [3.8, 4) is 22.6 Å². The minimum absolute atomic E-state index is 0.0615. The average Bonchev–Trinajstić information content (AvgIpc) is 2.98. The van der Waals surface area contributed by atoms with E-state index in [1.54, 1.807) is 24.3 Å². The van der Waals surface area contributed by atoms with Gasteiger partial charge in [-0.25, -0.2) is 9.18 Å². The molecule has 228 valence electrons. The van der Waals surface area contributed by atoms with Crippen molar-refractivity contribution in [1.29, 1.82) is 0 Å². The first-order valence-corrected chi connectivity index (χ1v) is 16.4. The molecule has 2 aromatic carbocycles. The molecule has 0 unspecified atom stereocenters. The molecule has 5 heteroatoms. The van der Waals surface area contributed by atoms with Crippen LogP contribution >= 0.6 is 0 Å². The average molecular weight is 569 g/mol. The molecule has 3 rings (SSSR count). The number of halogens is 1. The highest BCUT2D eigenvalue weighted by molar-refractivity contribution is 5.96. The number of rotatable bonds is 20. The molecule has 1 N–H and O–H groups in total. The van der Waals surface area contributed by atoms with Gasteiger partial charge in [-0.2, -0.15) is 0 Å². The number of carbonyl (C=O) groups is 1. The van der Waals surface area contributed by atoms with E-state index in [1.165, 1.54) is 95.6 Å². The zero-order valence-electron chi connectivity index (χ0n) is 25.6. The quantitative estimate of drug-likeness (QED) is 0.161. The topological polar surface area (TPSA) is 55.8 Å². The van der Waals surface area contributed by atoms with Gasteiger partial charge >= 0.3 is 5.97 Å². The van der Waals surface area contributed by atoms with Crippen LogP contribution in [0, 0.1) is 17.7 Å². The van der Waals surface area contributed by atoms with E-state index < -0.39 is 11.8 Å². The molecule has 1 fully saturated rings. The van der Waals surface area contributed by atoms with Gasteiger partial charge in [0.1, 0.15) is 5.75 Å². The number of carboxylic acids is 1. The van der Waals surface area contributed by atoms with E-state index in [0.717, 1.165) is 43.3 Å². The van der Waals surface area contributed by atoms with Crippen LogP contribution in [-0.2, 0) is 0 Å². The summed E-state index contributed by atoms with van der Waals surface area (Å²) in [6.07, 6.45) is 21.2. The zero-order valence-corrected chi connectivity index (χ0v) is 25.6. The van der Waals surface area contributed by atoms with Crippen molar-refractivity contribution in [2.75, 3.05) is 13.2 Å². The lowest BCUT2D eigenvalue weighted by molar-refractivity contribution is 0.0697. The first-order chi connectivity index (χ1) is 20.0. The summed E-state index contributed by atoms with van der Waals surface area (Å²) in [7, 11) is 0. The Morgan fingerprint density at radius 2 is 1.29 bits per heavy atom. The van der Waals surface area contributed by atoms with E-state index in [0.29, 0.717) is 18.8 Å². The zero-order chi connectivity index (χ0) is 29.3. The predicted octanol–water partition coefficient (Wildman–Crippen LogP) is 10.9. The first kappa shape index (κ1) is 32.9. The second kappa shape index (κ2) is 18.8. The van der Waals surface area contributed by atoms with Gasteiger partial charge in [0.05, 0.1) is 18.8 Å². The Bertz CT molecular complexity index is 1010. The fourth-order valence-electron chi connectivity index (χ4n) is 6.14. The lowest BCUT2D eigenvalue weighted by atomic mass is 9.78. The maximum absolute atomic E-state index is 15.5. The molecule has 0 radical (unpaired) electrons. The Labute approximate surface area is 248 Å². The fraction of sp³-hybridized carbons (Fsp3) is 0.639. The molecular formula is C36H53FO4. The molecule has 0 saturated heterocycles. The molecule has 0 heterocycles. The minimum Gasteiger partial charge on any atom is -0.494 e. The van der Waals surface area contributed by atoms with Crippen LogP contribution in [-0.4, -0.2) is 24.3 Å². The smallest absolute Gasteiger partial charge is 0.336 e. The van der Waals surface area contributed by atoms with Crippen LogP contribution in [0.25, 0.3) is 11.1 Å². The Balaban J connectivity index is 1.46. The Kier molecular flexibility index (Phi) is 15.1. The lowest BCUT2D eigenvalue weighted by Crippen LogP contribution is -2.15. The second-order valence-electron chi connectivity index (χ2n) is 12.0. The molecule has 0 atom stereocenters. The van der Waals surface area contributed by atoms with Gasteiger partial charge in [-0.15, -0.1) is 0 Å². The van der Waals surface area contributed by atoms with Crippen molar-refractivity contribution in [3.05, 3.63) is 47.8 Å². The van der Waals surface area contributed by atoms with Crippen LogP contribution in [0.1, 0.15) is 133 Å². The highest BCUT2D eigenvalue weighted by atomic mass is 19.1. The van der Waals surface area contributed by atoms with Gasteiger partial charge in [0.25, 0.3) is 0 Å². The number of aromatic carboxylic acids is 1. The third-order valence-corrected chi connectivity index (χ3v) is 8.69. The second-order valence-corrected chi connectivity index (χ2v) is 12.0. The summed E-state index contributed by atoms with van der Waals surface area (Å²) in [4.78, 5) is 11.9. The summed E-state index contributed by atoms with van der Waals surface area (Å²) < 4.78 is 27.2. The van der Waals surface area contributed by atoms with Gasteiger partial charge in [0, 0.05) is 5.56 Å².